The minimum atomic E-state index is -0.546. The van der Waals surface area contributed by atoms with Crippen molar-refractivity contribution in [2.24, 2.45) is 0 Å². The molecule has 0 spiro atoms. The zero-order chi connectivity index (χ0) is 21.8. The lowest BCUT2D eigenvalue weighted by atomic mass is 10.1. The number of hydrogen-bond donors (Lipinski definition) is 0. The average Bonchev–Trinajstić information content (AvgIpc) is 3.32. The van der Waals surface area contributed by atoms with E-state index in [2.05, 4.69) is 26.8 Å². The van der Waals surface area contributed by atoms with Gasteiger partial charge in [-0.2, -0.15) is 5.26 Å². The van der Waals surface area contributed by atoms with Crippen molar-refractivity contribution >= 4 is 6.29 Å². The molecule has 0 saturated carbocycles. The van der Waals surface area contributed by atoms with Crippen LogP contribution in [0.4, 0.5) is 0 Å². The zero-order valence-corrected chi connectivity index (χ0v) is 18.5. The molecule has 4 atom stereocenters. The van der Waals surface area contributed by atoms with E-state index in [1.165, 1.54) is 0 Å². The van der Waals surface area contributed by atoms with E-state index in [1.54, 1.807) is 16.8 Å². The highest BCUT2D eigenvalue weighted by molar-refractivity contribution is 5.77. The van der Waals surface area contributed by atoms with E-state index in [0.29, 0.717) is 44.0 Å². The summed E-state index contributed by atoms with van der Waals surface area (Å²) < 4.78 is 26.3. The number of unbranched alkanes of at least 4 members (excludes halogenated alkanes) is 3. The van der Waals surface area contributed by atoms with Crippen LogP contribution < -0.4 is 0 Å². The van der Waals surface area contributed by atoms with E-state index >= 15 is 0 Å². The van der Waals surface area contributed by atoms with Crippen LogP contribution in [0.2, 0.25) is 0 Å². The van der Waals surface area contributed by atoms with E-state index in [1.807, 2.05) is 0 Å². The van der Waals surface area contributed by atoms with Gasteiger partial charge in [-0.15, -0.1) is 0 Å². The monoisotopic (exact) mass is 420 g/mol. The number of nitriles is 1. The Morgan fingerprint density at radius 2 is 1.70 bits per heavy atom. The molecular formula is C23H36N2O5. The Hall–Kier alpha value is -1.72. The Bertz CT molecular complexity index is 669. The van der Waals surface area contributed by atoms with Crippen LogP contribution in [0, 0.1) is 11.3 Å². The van der Waals surface area contributed by atoms with Gasteiger partial charge in [-0.1, -0.05) is 40.0 Å². The molecule has 2 heterocycles. The quantitative estimate of drug-likeness (QED) is 0.311. The summed E-state index contributed by atoms with van der Waals surface area (Å²) in [6.07, 6.45) is 6.88. The Labute approximate surface area is 180 Å². The molecule has 1 aromatic heterocycles. The molecule has 0 aromatic carbocycles. The number of nitrogens with zero attached hydrogens (tertiary/aromatic N) is 2. The third kappa shape index (κ3) is 6.39. The highest BCUT2D eigenvalue weighted by Gasteiger charge is 2.47. The second kappa shape index (κ2) is 13.6. The lowest BCUT2D eigenvalue weighted by Gasteiger charge is -2.26. The number of aromatic nitrogens is 1. The van der Waals surface area contributed by atoms with Gasteiger partial charge in [0.1, 0.15) is 30.1 Å². The molecule has 1 aliphatic rings. The third-order valence-corrected chi connectivity index (χ3v) is 5.29. The summed E-state index contributed by atoms with van der Waals surface area (Å²) in [5.74, 6) is 0. The minimum Gasteiger partial charge on any atom is -0.379 e. The largest absolute Gasteiger partial charge is 0.379 e. The van der Waals surface area contributed by atoms with Crippen LogP contribution in [-0.2, 0) is 18.9 Å². The van der Waals surface area contributed by atoms with Crippen LogP contribution >= 0.6 is 0 Å². The molecule has 0 amide bonds. The molecule has 0 aliphatic carbocycles. The second-order valence-corrected chi connectivity index (χ2v) is 7.62. The molecule has 0 radical (unpaired) electrons. The van der Waals surface area contributed by atoms with Crippen LogP contribution in [0.1, 0.15) is 81.6 Å². The maximum atomic E-state index is 11.7. The maximum Gasteiger partial charge on any atom is 0.167 e. The van der Waals surface area contributed by atoms with Gasteiger partial charge in [0.15, 0.2) is 12.5 Å². The second-order valence-electron chi connectivity index (χ2n) is 7.62. The van der Waals surface area contributed by atoms with E-state index < -0.39 is 6.23 Å². The van der Waals surface area contributed by atoms with E-state index in [4.69, 9.17) is 18.9 Å². The first kappa shape index (κ1) is 24.5. The molecule has 7 nitrogen and oxygen atoms in total. The van der Waals surface area contributed by atoms with Crippen LogP contribution in [0.5, 0.6) is 0 Å². The summed E-state index contributed by atoms with van der Waals surface area (Å²) in [5.41, 5.74) is 0.624. The molecule has 1 aliphatic heterocycles. The maximum absolute atomic E-state index is 11.7. The number of carbonyl (C=O) groups excluding carboxylic acids is 1. The Morgan fingerprint density at radius 3 is 2.30 bits per heavy atom. The topological polar surface area (TPSA) is 82.7 Å². The molecular weight excluding hydrogens is 384 g/mol. The van der Waals surface area contributed by atoms with Crippen LogP contribution in [-0.4, -0.2) is 55.6 Å². The number of carbonyl (C=O) groups is 1. The summed E-state index contributed by atoms with van der Waals surface area (Å²) in [5, 5.41) is 9.32. The van der Waals surface area contributed by atoms with Gasteiger partial charge < -0.3 is 23.5 Å². The lowest BCUT2D eigenvalue weighted by Crippen LogP contribution is -2.39. The third-order valence-electron chi connectivity index (χ3n) is 5.29. The van der Waals surface area contributed by atoms with Crippen molar-refractivity contribution in [1.82, 2.24) is 4.57 Å². The van der Waals surface area contributed by atoms with Gasteiger partial charge >= 0.3 is 0 Å². The number of aldehydes is 1. The highest BCUT2D eigenvalue weighted by Crippen LogP contribution is 2.35. The lowest BCUT2D eigenvalue weighted by molar-refractivity contribution is -0.0809. The first-order chi connectivity index (χ1) is 14.7. The molecule has 0 bridgehead atoms. The first-order valence-corrected chi connectivity index (χ1v) is 11.2. The predicted octanol–water partition coefficient (Wildman–Crippen LogP) is 4.26. The van der Waals surface area contributed by atoms with Gasteiger partial charge in [0.25, 0.3) is 0 Å². The SMILES string of the molecule is CCCCOCC1OC(n2ccc(C#N)c2C=O)C(OCCCC)C1OCCCC. The van der Waals surface area contributed by atoms with Crippen molar-refractivity contribution in [3.05, 3.63) is 23.5 Å². The van der Waals surface area contributed by atoms with Crippen molar-refractivity contribution in [3.63, 3.8) is 0 Å². The van der Waals surface area contributed by atoms with E-state index in [-0.39, 0.29) is 18.3 Å². The molecule has 1 aromatic rings. The fourth-order valence-electron chi connectivity index (χ4n) is 3.52. The molecule has 168 valence electrons. The fraction of sp³-hybridized carbons (Fsp3) is 0.739. The van der Waals surface area contributed by atoms with Gasteiger partial charge in [-0.25, -0.2) is 0 Å². The standard InChI is InChI=1S/C23H36N2O5/c1-4-7-12-27-17-20-21(28-13-8-5-2)22(29-14-9-6-3)23(30-20)25-11-10-18(15-24)19(25)16-26/h10-11,16,20-23H,4-9,12-14,17H2,1-3H3. The van der Waals surface area contributed by atoms with Crippen LogP contribution in [0.25, 0.3) is 0 Å². The molecule has 1 saturated heterocycles. The molecule has 30 heavy (non-hydrogen) atoms. The van der Waals surface area contributed by atoms with Gasteiger partial charge in [-0.05, 0) is 25.3 Å². The number of hydrogen-bond acceptors (Lipinski definition) is 6. The smallest absolute Gasteiger partial charge is 0.167 e. The van der Waals surface area contributed by atoms with Gasteiger partial charge in [0.2, 0.25) is 0 Å². The van der Waals surface area contributed by atoms with Gasteiger partial charge in [-0.3, -0.25) is 4.79 Å². The number of rotatable bonds is 15. The highest BCUT2D eigenvalue weighted by atomic mass is 16.6. The normalized spacial score (nSPS) is 23.5. The Balaban J connectivity index is 2.26. The van der Waals surface area contributed by atoms with Gasteiger partial charge in [0, 0.05) is 26.0 Å². The fourth-order valence-corrected chi connectivity index (χ4v) is 3.52. The van der Waals surface area contributed by atoms with Crippen molar-refractivity contribution in [2.75, 3.05) is 26.4 Å². The van der Waals surface area contributed by atoms with Gasteiger partial charge in [0.05, 0.1) is 12.2 Å². The average molecular weight is 421 g/mol. The van der Waals surface area contributed by atoms with E-state index in [0.717, 1.165) is 38.5 Å². The molecule has 2 rings (SSSR count). The van der Waals surface area contributed by atoms with Crippen molar-refractivity contribution < 1.29 is 23.7 Å². The zero-order valence-electron chi connectivity index (χ0n) is 18.5. The predicted molar refractivity (Wildman–Crippen MR) is 113 cm³/mol. The molecule has 7 heteroatoms. The molecule has 4 unspecified atom stereocenters. The summed E-state index contributed by atoms with van der Waals surface area (Å²) in [7, 11) is 0. The molecule has 0 N–H and O–H groups in total. The summed E-state index contributed by atoms with van der Waals surface area (Å²) in [6, 6.07) is 3.70. The first-order valence-electron chi connectivity index (χ1n) is 11.2. The van der Waals surface area contributed by atoms with Crippen LogP contribution in [0.15, 0.2) is 12.3 Å². The van der Waals surface area contributed by atoms with Crippen molar-refractivity contribution in [1.29, 1.82) is 5.26 Å². The summed E-state index contributed by atoms with van der Waals surface area (Å²) in [6.45, 7) is 8.64. The van der Waals surface area contributed by atoms with Crippen molar-refractivity contribution in [3.8, 4) is 6.07 Å². The summed E-state index contributed by atoms with van der Waals surface area (Å²) >= 11 is 0. The summed E-state index contributed by atoms with van der Waals surface area (Å²) in [4.78, 5) is 11.7. The molecule has 1 fully saturated rings. The minimum absolute atomic E-state index is 0.298. The van der Waals surface area contributed by atoms with Crippen LogP contribution in [0.3, 0.4) is 0 Å². The number of ether oxygens (including phenoxy) is 4. The Morgan fingerprint density at radius 1 is 1.07 bits per heavy atom. The van der Waals surface area contributed by atoms with E-state index in [9.17, 15) is 10.1 Å². The Kier molecular flexibility index (Phi) is 11.1. The van der Waals surface area contributed by atoms with Crippen molar-refractivity contribution in [2.45, 2.75) is 83.8 Å².